The number of aromatic nitrogens is 3. The van der Waals surface area contributed by atoms with Crippen molar-refractivity contribution in [1.29, 1.82) is 0 Å². The van der Waals surface area contributed by atoms with Crippen LogP contribution in [0.15, 0.2) is 29.1 Å². The maximum Gasteiger partial charge on any atom is 0.341 e. The van der Waals surface area contributed by atoms with Crippen molar-refractivity contribution in [2.45, 2.75) is 6.42 Å². The van der Waals surface area contributed by atoms with Crippen molar-refractivity contribution < 1.29 is 4.79 Å². The van der Waals surface area contributed by atoms with Gasteiger partial charge in [0.05, 0.1) is 0 Å². The van der Waals surface area contributed by atoms with Gasteiger partial charge in [-0.05, 0) is 18.1 Å². The minimum Gasteiger partial charge on any atom is -0.305 e. The van der Waals surface area contributed by atoms with Gasteiger partial charge in [-0.2, -0.15) is 0 Å². The number of amides is 1. The molecule has 6 nitrogen and oxygen atoms in total. The van der Waals surface area contributed by atoms with Crippen LogP contribution in [0.5, 0.6) is 0 Å². The van der Waals surface area contributed by atoms with Crippen LogP contribution in [0.1, 0.15) is 16.2 Å². The second-order valence-corrected chi connectivity index (χ2v) is 3.86. The lowest BCUT2D eigenvalue weighted by Gasteiger charge is -2.14. The smallest absolute Gasteiger partial charge is 0.305 e. The molecule has 0 radical (unpaired) electrons. The van der Waals surface area contributed by atoms with Crippen LogP contribution >= 0.6 is 0 Å². The molecule has 6 heteroatoms. The van der Waals surface area contributed by atoms with Gasteiger partial charge in [0.2, 0.25) is 5.82 Å². The summed E-state index contributed by atoms with van der Waals surface area (Å²) in [5.41, 5.74) is 1.56. The van der Waals surface area contributed by atoms with Crippen molar-refractivity contribution in [1.82, 2.24) is 15.2 Å². The number of hydrogen-bond acceptors (Lipinski definition) is 3. The molecular weight excluding hydrogens is 220 g/mol. The van der Waals surface area contributed by atoms with E-state index in [1.165, 1.54) is 0 Å². The number of hydrogen-bond donors (Lipinski definition) is 2. The highest BCUT2D eigenvalue weighted by Crippen LogP contribution is 2.27. The predicted octanol–water partition coefficient (Wildman–Crippen LogP) is 0.301. The second kappa shape index (κ2) is 3.58. The van der Waals surface area contributed by atoms with Crippen LogP contribution in [0.2, 0.25) is 0 Å². The lowest BCUT2D eigenvalue weighted by Crippen LogP contribution is -2.30. The first kappa shape index (κ1) is 9.83. The summed E-state index contributed by atoms with van der Waals surface area (Å²) in [5.74, 6) is -0.236. The summed E-state index contributed by atoms with van der Waals surface area (Å²) in [6, 6.07) is 7.72. The summed E-state index contributed by atoms with van der Waals surface area (Å²) < 4.78 is 0. The number of benzene rings is 1. The number of nitrogens with zero attached hydrogens (tertiary/aromatic N) is 2. The van der Waals surface area contributed by atoms with E-state index in [4.69, 9.17) is 0 Å². The number of fused-ring (bicyclic) bond motifs is 1. The summed E-state index contributed by atoms with van der Waals surface area (Å²) in [5, 5.41) is 5.84. The lowest BCUT2D eigenvalue weighted by molar-refractivity contribution is 0.0980. The number of nitrogens with one attached hydrogen (secondary N) is 2. The van der Waals surface area contributed by atoms with Gasteiger partial charge in [-0.15, -0.1) is 5.10 Å². The highest BCUT2D eigenvalue weighted by molar-refractivity contribution is 6.04. The van der Waals surface area contributed by atoms with E-state index in [1.54, 1.807) is 4.90 Å². The Bertz CT molecular complexity index is 628. The van der Waals surface area contributed by atoms with Crippen molar-refractivity contribution in [3.8, 4) is 0 Å². The van der Waals surface area contributed by atoms with Crippen molar-refractivity contribution in [2.24, 2.45) is 0 Å². The van der Waals surface area contributed by atoms with Crippen molar-refractivity contribution >= 4 is 11.6 Å². The molecule has 1 aliphatic heterocycles. The molecule has 1 amide bonds. The summed E-state index contributed by atoms with van der Waals surface area (Å²) in [6.07, 6.45) is 0.830. The molecule has 0 bridgehead atoms. The summed E-state index contributed by atoms with van der Waals surface area (Å²) >= 11 is 0. The molecule has 0 saturated carbocycles. The third-order valence-corrected chi connectivity index (χ3v) is 2.84. The Balaban J connectivity index is 1.97. The van der Waals surface area contributed by atoms with E-state index in [0.717, 1.165) is 17.7 Å². The molecule has 86 valence electrons. The van der Waals surface area contributed by atoms with Crippen LogP contribution in [-0.4, -0.2) is 27.6 Å². The van der Waals surface area contributed by atoms with E-state index in [-0.39, 0.29) is 11.7 Å². The molecule has 1 aromatic carbocycles. The van der Waals surface area contributed by atoms with Crippen LogP contribution in [-0.2, 0) is 6.42 Å². The Morgan fingerprint density at radius 2 is 2.18 bits per heavy atom. The van der Waals surface area contributed by atoms with Crippen LogP contribution in [0, 0.1) is 0 Å². The Morgan fingerprint density at radius 1 is 1.35 bits per heavy atom. The topological polar surface area (TPSA) is 81.8 Å². The third-order valence-electron chi connectivity index (χ3n) is 2.84. The third kappa shape index (κ3) is 1.54. The zero-order valence-electron chi connectivity index (χ0n) is 8.93. The Morgan fingerprint density at radius 3 is 2.94 bits per heavy atom. The van der Waals surface area contributed by atoms with Gasteiger partial charge in [0.25, 0.3) is 5.91 Å². The van der Waals surface area contributed by atoms with Gasteiger partial charge in [-0.1, -0.05) is 18.2 Å². The van der Waals surface area contributed by atoms with E-state index in [2.05, 4.69) is 15.2 Å². The monoisotopic (exact) mass is 230 g/mol. The molecule has 0 aliphatic carbocycles. The molecule has 0 atom stereocenters. The van der Waals surface area contributed by atoms with Gasteiger partial charge >= 0.3 is 5.69 Å². The molecule has 3 rings (SSSR count). The van der Waals surface area contributed by atoms with E-state index in [1.807, 2.05) is 24.3 Å². The maximum absolute atomic E-state index is 12.1. The number of aromatic amines is 2. The first-order chi connectivity index (χ1) is 8.25. The summed E-state index contributed by atoms with van der Waals surface area (Å²) in [4.78, 5) is 27.0. The Labute approximate surface area is 96.3 Å². The minimum atomic E-state index is -0.471. The van der Waals surface area contributed by atoms with Gasteiger partial charge in [-0.3, -0.25) is 9.78 Å². The number of rotatable bonds is 1. The van der Waals surface area contributed by atoms with E-state index in [9.17, 15) is 9.59 Å². The fourth-order valence-electron chi connectivity index (χ4n) is 2.05. The van der Waals surface area contributed by atoms with Crippen molar-refractivity contribution in [3.63, 3.8) is 0 Å². The molecule has 0 saturated heterocycles. The van der Waals surface area contributed by atoms with Crippen LogP contribution in [0.4, 0.5) is 5.69 Å². The molecule has 2 heterocycles. The first-order valence-electron chi connectivity index (χ1n) is 5.30. The van der Waals surface area contributed by atoms with Gasteiger partial charge in [0.1, 0.15) is 0 Å². The number of H-pyrrole nitrogens is 2. The molecule has 0 unspecified atom stereocenters. The fourth-order valence-corrected chi connectivity index (χ4v) is 2.05. The number of para-hydroxylation sites is 1. The maximum atomic E-state index is 12.1. The number of carbonyl (C=O) groups is 1. The fraction of sp³-hybridized carbons (Fsp3) is 0.182. The van der Waals surface area contributed by atoms with Crippen LogP contribution in [0.25, 0.3) is 0 Å². The average molecular weight is 230 g/mol. The summed E-state index contributed by atoms with van der Waals surface area (Å²) in [6.45, 7) is 0.618. The zero-order valence-corrected chi connectivity index (χ0v) is 8.93. The molecule has 0 fully saturated rings. The summed E-state index contributed by atoms with van der Waals surface area (Å²) in [7, 11) is 0. The zero-order chi connectivity index (χ0) is 11.8. The standard InChI is InChI=1S/C11H10N4O2/c16-10(9-12-11(17)14-13-9)15-6-5-7-3-1-2-4-8(7)15/h1-4H,5-6H2,(H2,12,13,14,17). The molecule has 1 aliphatic rings. The Kier molecular flexibility index (Phi) is 2.07. The Hall–Kier alpha value is -2.37. The molecule has 2 N–H and O–H groups in total. The predicted molar refractivity (Wildman–Crippen MR) is 61.0 cm³/mol. The first-order valence-corrected chi connectivity index (χ1v) is 5.30. The highest BCUT2D eigenvalue weighted by atomic mass is 16.2. The highest BCUT2D eigenvalue weighted by Gasteiger charge is 2.26. The van der Waals surface area contributed by atoms with Gasteiger partial charge in [0, 0.05) is 12.2 Å². The van der Waals surface area contributed by atoms with E-state index < -0.39 is 5.69 Å². The molecule has 1 aromatic heterocycles. The van der Waals surface area contributed by atoms with Gasteiger partial charge in [0.15, 0.2) is 0 Å². The van der Waals surface area contributed by atoms with Crippen molar-refractivity contribution in [3.05, 3.63) is 46.1 Å². The van der Waals surface area contributed by atoms with Gasteiger partial charge in [-0.25, -0.2) is 9.89 Å². The van der Waals surface area contributed by atoms with E-state index >= 15 is 0 Å². The largest absolute Gasteiger partial charge is 0.341 e. The average Bonchev–Trinajstić information content (AvgIpc) is 2.94. The minimum absolute atomic E-state index is 0.0479. The normalized spacial score (nSPS) is 13.8. The molecular formula is C11H10N4O2. The number of carbonyl (C=O) groups excluding carboxylic acids is 1. The quantitative estimate of drug-likeness (QED) is 0.739. The van der Waals surface area contributed by atoms with Gasteiger partial charge < -0.3 is 4.90 Å². The molecule has 2 aromatic rings. The van der Waals surface area contributed by atoms with E-state index in [0.29, 0.717) is 6.54 Å². The number of anilines is 1. The second-order valence-electron chi connectivity index (χ2n) is 3.86. The SMILES string of the molecule is O=C(c1n[nH]c(=O)[nH]1)N1CCc2ccccc21. The van der Waals surface area contributed by atoms with Crippen molar-refractivity contribution in [2.75, 3.05) is 11.4 Å². The molecule has 0 spiro atoms. The van der Waals surface area contributed by atoms with Crippen LogP contribution < -0.4 is 10.6 Å². The van der Waals surface area contributed by atoms with Crippen LogP contribution in [0.3, 0.4) is 0 Å². The lowest BCUT2D eigenvalue weighted by atomic mass is 10.2. The molecule has 17 heavy (non-hydrogen) atoms.